The highest BCUT2D eigenvalue weighted by Gasteiger charge is 2.41. The Morgan fingerprint density at radius 3 is 1.22 bits per heavy atom. The second kappa shape index (κ2) is 16.4. The quantitative estimate of drug-likeness (QED) is 0.111. The van der Waals surface area contributed by atoms with E-state index in [0.717, 1.165) is 45.8 Å². The molecule has 0 aliphatic carbocycles. The molecular weight excluding hydrogens is 705 g/mol. The van der Waals surface area contributed by atoms with Crippen LogP contribution in [0.4, 0.5) is 11.4 Å². The van der Waals surface area contributed by atoms with Gasteiger partial charge in [0.2, 0.25) is 11.8 Å². The first kappa shape index (κ1) is 35.2. The Labute approximate surface area is 309 Å². The van der Waals surface area contributed by atoms with Crippen molar-refractivity contribution < 1.29 is 19.2 Å². The van der Waals surface area contributed by atoms with Crippen LogP contribution < -0.4 is 10.6 Å². The molecule has 8 nitrogen and oxygen atoms in total. The SMILES string of the molecule is O=C(CCCN1C(=O)C(=C2SC(=S)N(CCCC(=O)Nc3ccc(-c4ccccc4)cc3)C2=O)SC1=S)Nc1ccc(-c2ccccc2)cc1. The van der Waals surface area contributed by atoms with Crippen LogP contribution in [-0.4, -0.2) is 55.2 Å². The van der Waals surface area contributed by atoms with Crippen LogP contribution in [0.15, 0.2) is 119 Å². The van der Waals surface area contributed by atoms with Gasteiger partial charge in [0.25, 0.3) is 11.8 Å². The Bertz CT molecular complexity index is 1820. The van der Waals surface area contributed by atoms with Crippen molar-refractivity contribution in [1.29, 1.82) is 0 Å². The number of nitrogens with one attached hydrogen (secondary N) is 2. The molecule has 4 aromatic rings. The number of anilines is 2. The average molecular weight is 737 g/mol. The highest BCUT2D eigenvalue weighted by molar-refractivity contribution is 8.29. The minimum atomic E-state index is -0.366. The molecule has 0 unspecified atom stereocenters. The zero-order valence-electron chi connectivity index (χ0n) is 26.8. The molecular formula is C38H32N4O4S4. The molecule has 0 radical (unpaired) electrons. The van der Waals surface area contributed by atoms with Gasteiger partial charge in [-0.15, -0.1) is 0 Å². The molecule has 6 rings (SSSR count). The fourth-order valence-electron chi connectivity index (χ4n) is 5.45. The van der Waals surface area contributed by atoms with E-state index in [-0.39, 0.29) is 59.4 Å². The molecule has 0 spiro atoms. The summed E-state index contributed by atoms with van der Waals surface area (Å²) in [6.07, 6.45) is 1.19. The van der Waals surface area contributed by atoms with Crippen LogP contribution in [0.2, 0.25) is 0 Å². The maximum atomic E-state index is 13.3. The van der Waals surface area contributed by atoms with Gasteiger partial charge in [0.05, 0.1) is 9.81 Å². The molecule has 4 amide bonds. The highest BCUT2D eigenvalue weighted by Crippen LogP contribution is 2.42. The molecule has 12 heteroatoms. The Morgan fingerprint density at radius 1 is 0.520 bits per heavy atom. The number of carbonyl (C=O) groups excluding carboxylic acids is 4. The average Bonchev–Trinajstić information content (AvgIpc) is 3.57. The Morgan fingerprint density at radius 2 is 0.860 bits per heavy atom. The smallest absolute Gasteiger partial charge is 0.267 e. The van der Waals surface area contributed by atoms with Gasteiger partial charge in [0.1, 0.15) is 8.64 Å². The van der Waals surface area contributed by atoms with Gasteiger partial charge in [0, 0.05) is 37.3 Å². The lowest BCUT2D eigenvalue weighted by Crippen LogP contribution is -2.31. The maximum Gasteiger partial charge on any atom is 0.267 e. The molecule has 2 N–H and O–H groups in total. The summed E-state index contributed by atoms with van der Waals surface area (Å²) < 4.78 is 0.668. The first-order chi connectivity index (χ1) is 24.3. The standard InChI is InChI=1S/C38H32N4O4S4/c43-31(39-29-19-15-27(16-20-29)25-9-3-1-4-10-25)13-7-23-41-35(45)33(49-37(41)47)34-36(46)42(38(48)50-34)24-8-14-32(44)40-30-21-17-28(18-22-30)26-11-5-2-6-12-26/h1-6,9-12,15-22H,7-8,13-14,23-24H2,(H,39,43)(H,40,44). The van der Waals surface area contributed by atoms with E-state index in [0.29, 0.717) is 32.9 Å². The minimum Gasteiger partial charge on any atom is -0.326 e. The van der Waals surface area contributed by atoms with Crippen molar-refractivity contribution in [1.82, 2.24) is 9.80 Å². The van der Waals surface area contributed by atoms with Crippen molar-refractivity contribution in [2.75, 3.05) is 23.7 Å². The van der Waals surface area contributed by atoms with Crippen LogP contribution >= 0.6 is 48.0 Å². The Balaban J connectivity index is 0.953. The number of hydrogen-bond acceptors (Lipinski definition) is 8. The topological polar surface area (TPSA) is 98.8 Å². The Kier molecular flexibility index (Phi) is 11.5. The number of benzene rings is 4. The van der Waals surface area contributed by atoms with Gasteiger partial charge < -0.3 is 10.6 Å². The van der Waals surface area contributed by atoms with Crippen molar-refractivity contribution in [2.24, 2.45) is 0 Å². The van der Waals surface area contributed by atoms with Crippen molar-refractivity contribution in [3.8, 4) is 22.3 Å². The normalized spacial score (nSPS) is 15.9. The first-order valence-corrected chi connectivity index (χ1v) is 18.4. The lowest BCUT2D eigenvalue weighted by molar-refractivity contribution is -0.124. The molecule has 2 aliphatic rings. The Hall–Kier alpha value is -4.62. The second-order valence-corrected chi connectivity index (χ2v) is 14.8. The summed E-state index contributed by atoms with van der Waals surface area (Å²) in [5.74, 6) is -1.07. The van der Waals surface area contributed by atoms with E-state index >= 15 is 0 Å². The molecule has 2 fully saturated rings. The molecule has 0 aromatic heterocycles. The monoisotopic (exact) mass is 736 g/mol. The molecule has 0 bridgehead atoms. The third kappa shape index (κ3) is 8.56. The predicted octanol–water partition coefficient (Wildman–Crippen LogP) is 8.09. The number of carbonyl (C=O) groups is 4. The first-order valence-electron chi connectivity index (χ1n) is 16.0. The summed E-state index contributed by atoms with van der Waals surface area (Å²) in [5, 5.41) is 5.80. The lowest BCUT2D eigenvalue weighted by atomic mass is 10.1. The number of thioether (sulfide) groups is 2. The molecule has 4 aromatic carbocycles. The highest BCUT2D eigenvalue weighted by atomic mass is 32.2. The summed E-state index contributed by atoms with van der Waals surface area (Å²) in [5.41, 5.74) is 5.68. The summed E-state index contributed by atoms with van der Waals surface area (Å²) in [6.45, 7) is 0.498. The maximum absolute atomic E-state index is 13.3. The zero-order valence-corrected chi connectivity index (χ0v) is 30.1. The van der Waals surface area contributed by atoms with E-state index in [1.165, 1.54) is 9.80 Å². The van der Waals surface area contributed by atoms with Crippen molar-refractivity contribution in [2.45, 2.75) is 25.7 Å². The predicted molar refractivity (Wildman–Crippen MR) is 210 cm³/mol. The minimum absolute atomic E-state index is 0.168. The van der Waals surface area contributed by atoms with Gasteiger partial charge in [-0.1, -0.05) is 133 Å². The van der Waals surface area contributed by atoms with Crippen LogP contribution in [0.1, 0.15) is 25.7 Å². The molecule has 0 saturated carbocycles. The van der Waals surface area contributed by atoms with Gasteiger partial charge in [-0.25, -0.2) is 0 Å². The van der Waals surface area contributed by atoms with Crippen molar-refractivity contribution in [3.05, 3.63) is 119 Å². The van der Waals surface area contributed by atoms with Gasteiger partial charge in [-0.3, -0.25) is 29.0 Å². The zero-order chi connectivity index (χ0) is 35.0. The summed E-state index contributed by atoms with van der Waals surface area (Å²) in [7, 11) is 0. The summed E-state index contributed by atoms with van der Waals surface area (Å²) >= 11 is 13.1. The van der Waals surface area contributed by atoms with Crippen LogP contribution in [0.3, 0.4) is 0 Å². The summed E-state index contributed by atoms with van der Waals surface area (Å²) in [6, 6.07) is 35.2. The van der Waals surface area contributed by atoms with E-state index in [1.54, 1.807) is 0 Å². The number of thiocarbonyl (C=S) groups is 2. The second-order valence-electron chi connectivity index (χ2n) is 11.5. The van der Waals surface area contributed by atoms with Crippen LogP contribution in [0.5, 0.6) is 0 Å². The van der Waals surface area contributed by atoms with Gasteiger partial charge in [-0.2, -0.15) is 0 Å². The van der Waals surface area contributed by atoms with E-state index in [1.807, 2.05) is 109 Å². The van der Waals surface area contributed by atoms with E-state index < -0.39 is 0 Å². The third-order valence-corrected chi connectivity index (χ3v) is 11.1. The summed E-state index contributed by atoms with van der Waals surface area (Å²) in [4.78, 5) is 55.3. The number of hydrogen-bond donors (Lipinski definition) is 2. The number of nitrogens with zero attached hydrogens (tertiary/aromatic N) is 2. The number of amides is 4. The fraction of sp³-hybridized carbons (Fsp3) is 0.158. The molecule has 2 aliphatic heterocycles. The molecule has 0 atom stereocenters. The fourth-order valence-corrected chi connectivity index (χ4v) is 8.22. The van der Waals surface area contributed by atoms with Crippen LogP contribution in [0.25, 0.3) is 22.3 Å². The number of rotatable bonds is 12. The molecule has 2 heterocycles. The molecule has 252 valence electrons. The van der Waals surface area contributed by atoms with Gasteiger partial charge >= 0.3 is 0 Å². The lowest BCUT2D eigenvalue weighted by Gasteiger charge is -2.15. The van der Waals surface area contributed by atoms with E-state index in [4.69, 9.17) is 24.4 Å². The van der Waals surface area contributed by atoms with Gasteiger partial charge in [0.15, 0.2) is 0 Å². The molecule has 2 saturated heterocycles. The van der Waals surface area contributed by atoms with Crippen LogP contribution in [-0.2, 0) is 19.2 Å². The van der Waals surface area contributed by atoms with Crippen molar-refractivity contribution in [3.63, 3.8) is 0 Å². The largest absolute Gasteiger partial charge is 0.326 e. The van der Waals surface area contributed by atoms with E-state index in [2.05, 4.69) is 10.6 Å². The molecule has 50 heavy (non-hydrogen) atoms. The van der Waals surface area contributed by atoms with Crippen molar-refractivity contribution >= 4 is 91.6 Å². The van der Waals surface area contributed by atoms with Gasteiger partial charge in [-0.05, 0) is 59.4 Å². The third-order valence-electron chi connectivity index (χ3n) is 8.03. The van der Waals surface area contributed by atoms with Crippen LogP contribution in [0, 0.1) is 0 Å². The van der Waals surface area contributed by atoms with E-state index in [9.17, 15) is 19.2 Å².